The van der Waals surface area contributed by atoms with Gasteiger partial charge in [-0.05, 0) is 38.2 Å². The number of carboxylic acid groups (broad SMARTS) is 1. The second-order valence-corrected chi connectivity index (χ2v) is 8.02. The molecule has 6 heteroatoms. The van der Waals surface area contributed by atoms with Crippen molar-refractivity contribution in [2.45, 2.75) is 39.0 Å². The Morgan fingerprint density at radius 1 is 1.07 bits per heavy atom. The van der Waals surface area contributed by atoms with Crippen LogP contribution in [0.1, 0.15) is 38.2 Å². The zero-order valence-corrected chi connectivity index (χ0v) is 15.9. The van der Waals surface area contributed by atoms with Crippen molar-refractivity contribution in [2.75, 3.05) is 26.2 Å². The topological polar surface area (TPSA) is 77.9 Å². The minimum absolute atomic E-state index is 0.0522. The van der Waals surface area contributed by atoms with E-state index in [4.69, 9.17) is 0 Å². The number of benzene rings is 1. The van der Waals surface area contributed by atoms with E-state index in [0.29, 0.717) is 45.3 Å². The number of carbonyl (C=O) groups is 3. The van der Waals surface area contributed by atoms with Crippen molar-refractivity contribution < 1.29 is 19.5 Å². The molecule has 0 saturated carbocycles. The summed E-state index contributed by atoms with van der Waals surface area (Å²) in [5.74, 6) is -0.739. The highest BCUT2D eigenvalue weighted by Crippen LogP contribution is 2.32. The van der Waals surface area contributed by atoms with Crippen LogP contribution < -0.4 is 0 Å². The molecule has 1 aromatic carbocycles. The fourth-order valence-corrected chi connectivity index (χ4v) is 4.01. The van der Waals surface area contributed by atoms with E-state index in [2.05, 4.69) is 0 Å². The lowest BCUT2D eigenvalue weighted by atomic mass is 9.90. The number of piperidine rings is 1. The predicted molar refractivity (Wildman–Crippen MR) is 101 cm³/mol. The number of carbonyl (C=O) groups excluding carboxylic acids is 2. The van der Waals surface area contributed by atoms with Crippen LogP contribution in [-0.2, 0) is 20.8 Å². The molecular weight excluding hydrogens is 344 g/mol. The molecule has 1 atom stereocenters. The number of hydrogen-bond donors (Lipinski definition) is 1. The van der Waals surface area contributed by atoms with Gasteiger partial charge in [0.25, 0.3) is 0 Å². The quantitative estimate of drug-likeness (QED) is 0.859. The monoisotopic (exact) mass is 372 g/mol. The number of rotatable bonds is 5. The first-order chi connectivity index (χ1) is 12.9. The lowest BCUT2D eigenvalue weighted by molar-refractivity contribution is -0.148. The molecule has 27 heavy (non-hydrogen) atoms. The van der Waals surface area contributed by atoms with Crippen LogP contribution in [0.4, 0.5) is 0 Å². The zero-order valence-electron chi connectivity index (χ0n) is 15.9. The summed E-state index contributed by atoms with van der Waals surface area (Å²) < 4.78 is 0. The summed E-state index contributed by atoms with van der Waals surface area (Å²) >= 11 is 0. The van der Waals surface area contributed by atoms with E-state index in [9.17, 15) is 19.5 Å². The number of carboxylic acids is 1. The van der Waals surface area contributed by atoms with Crippen molar-refractivity contribution in [2.24, 2.45) is 11.3 Å². The molecule has 2 amide bonds. The van der Waals surface area contributed by atoms with Gasteiger partial charge in [-0.2, -0.15) is 0 Å². The van der Waals surface area contributed by atoms with Gasteiger partial charge in [-0.1, -0.05) is 30.3 Å². The molecule has 146 valence electrons. The molecule has 0 bridgehead atoms. The maximum Gasteiger partial charge on any atom is 0.311 e. The molecule has 2 heterocycles. The minimum atomic E-state index is -0.836. The average molecular weight is 372 g/mol. The average Bonchev–Trinajstić information content (AvgIpc) is 3.10. The molecule has 1 unspecified atom stereocenters. The summed E-state index contributed by atoms with van der Waals surface area (Å²) in [7, 11) is 0. The third kappa shape index (κ3) is 4.49. The van der Waals surface area contributed by atoms with Crippen LogP contribution >= 0.6 is 0 Å². The van der Waals surface area contributed by atoms with Gasteiger partial charge in [-0.25, -0.2) is 0 Å². The van der Waals surface area contributed by atoms with Crippen molar-refractivity contribution in [3.63, 3.8) is 0 Å². The Kier molecular flexibility index (Phi) is 5.82. The first-order valence-corrected chi connectivity index (χ1v) is 9.73. The molecule has 0 spiro atoms. The second kappa shape index (κ2) is 8.11. The van der Waals surface area contributed by atoms with Crippen molar-refractivity contribution in [1.29, 1.82) is 0 Å². The number of aliphatic carboxylic acids is 1. The van der Waals surface area contributed by atoms with Gasteiger partial charge < -0.3 is 14.9 Å². The standard InChI is InChI=1S/C21H28N2O4/c1-21(20(26)27)11-14-23(15-21)19(25)17-9-12-22(13-10-17)18(24)8-7-16-5-3-2-4-6-16/h2-6,17H,7-15H2,1H3,(H,26,27). The van der Waals surface area contributed by atoms with Crippen LogP contribution in [0.25, 0.3) is 0 Å². The van der Waals surface area contributed by atoms with E-state index >= 15 is 0 Å². The van der Waals surface area contributed by atoms with Gasteiger partial charge in [-0.3, -0.25) is 14.4 Å². The minimum Gasteiger partial charge on any atom is -0.481 e. The van der Waals surface area contributed by atoms with Gasteiger partial charge in [0.1, 0.15) is 0 Å². The fourth-order valence-electron chi connectivity index (χ4n) is 4.01. The summed E-state index contributed by atoms with van der Waals surface area (Å²) in [6.45, 7) is 3.72. The van der Waals surface area contributed by atoms with Gasteiger partial charge in [0.05, 0.1) is 5.41 Å². The Morgan fingerprint density at radius 3 is 2.33 bits per heavy atom. The molecule has 6 nitrogen and oxygen atoms in total. The molecule has 1 aromatic rings. The molecule has 2 saturated heterocycles. The van der Waals surface area contributed by atoms with Gasteiger partial charge >= 0.3 is 5.97 Å². The number of likely N-dealkylation sites (tertiary alicyclic amines) is 2. The largest absolute Gasteiger partial charge is 0.481 e. The van der Waals surface area contributed by atoms with Crippen LogP contribution in [-0.4, -0.2) is 58.9 Å². The number of nitrogens with zero attached hydrogens (tertiary/aromatic N) is 2. The van der Waals surface area contributed by atoms with E-state index in [1.807, 2.05) is 35.2 Å². The fraction of sp³-hybridized carbons (Fsp3) is 0.571. The van der Waals surface area contributed by atoms with E-state index in [-0.39, 0.29) is 24.3 Å². The van der Waals surface area contributed by atoms with E-state index in [1.54, 1.807) is 11.8 Å². The van der Waals surface area contributed by atoms with E-state index < -0.39 is 11.4 Å². The molecular formula is C21H28N2O4. The third-order valence-corrected chi connectivity index (χ3v) is 5.97. The Bertz CT molecular complexity index is 697. The summed E-state index contributed by atoms with van der Waals surface area (Å²) in [5, 5.41) is 9.33. The lowest BCUT2D eigenvalue weighted by Gasteiger charge is -2.33. The maximum atomic E-state index is 12.7. The van der Waals surface area contributed by atoms with Gasteiger partial charge in [0.15, 0.2) is 0 Å². The lowest BCUT2D eigenvalue weighted by Crippen LogP contribution is -2.44. The normalized spacial score (nSPS) is 23.4. The molecule has 0 radical (unpaired) electrons. The highest BCUT2D eigenvalue weighted by atomic mass is 16.4. The molecule has 3 rings (SSSR count). The molecule has 2 aliphatic heterocycles. The van der Waals surface area contributed by atoms with E-state index in [1.165, 1.54) is 0 Å². The molecule has 0 aliphatic carbocycles. The van der Waals surface area contributed by atoms with E-state index in [0.717, 1.165) is 12.0 Å². The van der Waals surface area contributed by atoms with Crippen molar-refractivity contribution in [3.8, 4) is 0 Å². The Hall–Kier alpha value is -2.37. The SMILES string of the molecule is CC1(C(=O)O)CCN(C(=O)C2CCN(C(=O)CCc3ccccc3)CC2)C1. The first kappa shape index (κ1) is 19.4. The van der Waals surface area contributed by atoms with Crippen LogP contribution in [0.2, 0.25) is 0 Å². The zero-order chi connectivity index (χ0) is 19.4. The predicted octanol–water partition coefficient (Wildman–Crippen LogP) is 2.18. The highest BCUT2D eigenvalue weighted by Gasteiger charge is 2.43. The first-order valence-electron chi connectivity index (χ1n) is 9.73. The smallest absolute Gasteiger partial charge is 0.311 e. The summed E-state index contributed by atoms with van der Waals surface area (Å²) in [5.41, 5.74) is 0.329. The molecule has 1 N–H and O–H groups in total. The summed E-state index contributed by atoms with van der Waals surface area (Å²) in [4.78, 5) is 40.1. The number of hydrogen-bond acceptors (Lipinski definition) is 3. The molecule has 2 fully saturated rings. The van der Waals surface area contributed by atoms with Crippen molar-refractivity contribution in [1.82, 2.24) is 9.80 Å². The summed E-state index contributed by atoms with van der Waals surface area (Å²) in [6.07, 6.45) is 3.06. The Labute approximate surface area is 160 Å². The second-order valence-electron chi connectivity index (χ2n) is 8.02. The summed E-state index contributed by atoms with van der Waals surface area (Å²) in [6, 6.07) is 9.97. The van der Waals surface area contributed by atoms with Gasteiger partial charge in [0.2, 0.25) is 11.8 Å². The van der Waals surface area contributed by atoms with Crippen molar-refractivity contribution >= 4 is 17.8 Å². The van der Waals surface area contributed by atoms with Crippen LogP contribution in [0.5, 0.6) is 0 Å². The number of aryl methyl sites for hydroxylation is 1. The van der Waals surface area contributed by atoms with Crippen LogP contribution in [0.15, 0.2) is 30.3 Å². The van der Waals surface area contributed by atoms with Crippen molar-refractivity contribution in [3.05, 3.63) is 35.9 Å². The molecule has 2 aliphatic rings. The number of amides is 2. The highest BCUT2D eigenvalue weighted by molar-refractivity contribution is 5.82. The Morgan fingerprint density at radius 2 is 1.74 bits per heavy atom. The Balaban J connectivity index is 1.45. The maximum absolute atomic E-state index is 12.7. The third-order valence-electron chi connectivity index (χ3n) is 5.97. The molecule has 0 aromatic heterocycles. The van der Waals surface area contributed by atoms with Gasteiger partial charge in [0, 0.05) is 38.5 Å². The van der Waals surface area contributed by atoms with Crippen LogP contribution in [0, 0.1) is 11.3 Å². The van der Waals surface area contributed by atoms with Crippen LogP contribution in [0.3, 0.4) is 0 Å². The van der Waals surface area contributed by atoms with Gasteiger partial charge in [-0.15, -0.1) is 0 Å².